The van der Waals surface area contributed by atoms with Crippen LogP contribution in [-0.4, -0.2) is 47.1 Å². The highest BCUT2D eigenvalue weighted by Gasteiger charge is 2.56. The Morgan fingerprint density at radius 3 is 2.67 bits per heavy atom. The van der Waals surface area contributed by atoms with Crippen molar-refractivity contribution in [2.45, 2.75) is 51.1 Å². The highest BCUT2D eigenvalue weighted by atomic mass is 16.5. The van der Waals surface area contributed by atoms with Gasteiger partial charge in [-0.15, -0.1) is 0 Å². The molecule has 2 fully saturated rings. The van der Waals surface area contributed by atoms with E-state index in [1.165, 1.54) is 4.90 Å². The minimum Gasteiger partial charge on any atom is -0.461 e. The highest BCUT2D eigenvalue weighted by Crippen LogP contribution is 2.32. The lowest BCUT2D eigenvalue weighted by Crippen LogP contribution is -2.44. The maximum absolute atomic E-state index is 12.6. The van der Waals surface area contributed by atoms with Crippen molar-refractivity contribution >= 4 is 23.5 Å². The lowest BCUT2D eigenvalue weighted by Gasteiger charge is -2.30. The molecule has 0 aromatic heterocycles. The Labute approximate surface area is 122 Å². The molecule has 21 heavy (non-hydrogen) atoms. The maximum atomic E-state index is 12.6. The van der Waals surface area contributed by atoms with Crippen molar-refractivity contribution < 1.29 is 19.1 Å². The van der Waals surface area contributed by atoms with E-state index >= 15 is 0 Å². The molecule has 2 amide bonds. The molecule has 1 aliphatic carbocycles. The molecular weight excluding hydrogens is 274 g/mol. The van der Waals surface area contributed by atoms with Crippen molar-refractivity contribution in [1.29, 1.82) is 0 Å². The Balaban J connectivity index is 1.80. The Bertz CT molecular complexity index is 510. The summed E-state index contributed by atoms with van der Waals surface area (Å²) >= 11 is 0. The molecule has 0 bridgehead atoms. The fraction of sp³-hybridized carbons (Fsp3) is 0.714. The van der Waals surface area contributed by atoms with Gasteiger partial charge in [-0.1, -0.05) is 19.3 Å². The molecule has 1 N–H and O–H groups in total. The van der Waals surface area contributed by atoms with Crippen molar-refractivity contribution in [3.05, 3.63) is 0 Å². The molecule has 1 saturated heterocycles. The number of nitrogens with one attached hydrogen (secondary N) is 1. The predicted molar refractivity (Wildman–Crippen MR) is 73.2 cm³/mol. The van der Waals surface area contributed by atoms with E-state index in [0.717, 1.165) is 32.1 Å². The second-order valence-electron chi connectivity index (χ2n) is 5.64. The van der Waals surface area contributed by atoms with Crippen LogP contribution < -0.4 is 5.43 Å². The number of hydrazone groups is 1. The molecule has 0 aromatic rings. The molecule has 1 saturated carbocycles. The topological polar surface area (TPSA) is 88.1 Å². The molecule has 3 rings (SSSR count). The minimum absolute atomic E-state index is 0.0264. The lowest BCUT2D eigenvalue weighted by atomic mass is 9.94. The summed E-state index contributed by atoms with van der Waals surface area (Å²) in [5.41, 5.74) is 2.66. The fourth-order valence-electron chi connectivity index (χ4n) is 3.38. The summed E-state index contributed by atoms with van der Waals surface area (Å²) in [5.74, 6) is -2.02. The molecule has 0 radical (unpaired) electrons. The van der Waals surface area contributed by atoms with E-state index in [9.17, 15) is 14.4 Å². The number of amides is 2. The van der Waals surface area contributed by atoms with Gasteiger partial charge in [0.1, 0.15) is 12.0 Å². The second-order valence-corrected chi connectivity index (χ2v) is 5.64. The lowest BCUT2D eigenvalue weighted by molar-refractivity contribution is -0.143. The van der Waals surface area contributed by atoms with Crippen LogP contribution in [0.3, 0.4) is 0 Å². The summed E-state index contributed by atoms with van der Waals surface area (Å²) in [6.07, 6.45) is 4.91. The number of esters is 1. The van der Waals surface area contributed by atoms with E-state index in [2.05, 4.69) is 10.5 Å². The van der Waals surface area contributed by atoms with E-state index in [0.29, 0.717) is 0 Å². The molecule has 0 spiro atoms. The van der Waals surface area contributed by atoms with Crippen molar-refractivity contribution in [3.8, 4) is 0 Å². The van der Waals surface area contributed by atoms with Crippen molar-refractivity contribution in [2.75, 3.05) is 6.61 Å². The molecule has 7 nitrogen and oxygen atoms in total. The van der Waals surface area contributed by atoms with Gasteiger partial charge in [0.25, 0.3) is 5.91 Å². The third-order valence-corrected chi connectivity index (χ3v) is 4.38. The summed E-state index contributed by atoms with van der Waals surface area (Å²) in [4.78, 5) is 38.2. The molecular formula is C14H19N3O4. The van der Waals surface area contributed by atoms with Crippen molar-refractivity contribution in [2.24, 2.45) is 11.0 Å². The fourth-order valence-corrected chi connectivity index (χ4v) is 3.38. The summed E-state index contributed by atoms with van der Waals surface area (Å²) in [5, 5.41) is 3.84. The first-order chi connectivity index (χ1) is 10.1. The summed E-state index contributed by atoms with van der Waals surface area (Å²) in [6, 6.07) is -0.770. The molecule has 2 aliphatic heterocycles. The van der Waals surface area contributed by atoms with Crippen LogP contribution >= 0.6 is 0 Å². The number of carbonyl (C=O) groups excluding carboxylic acids is 3. The van der Waals surface area contributed by atoms with Gasteiger partial charge in [-0.2, -0.15) is 5.10 Å². The average molecular weight is 293 g/mol. The van der Waals surface area contributed by atoms with Gasteiger partial charge in [0, 0.05) is 6.04 Å². The smallest absolute Gasteiger partial charge is 0.355 e. The van der Waals surface area contributed by atoms with E-state index in [1.54, 1.807) is 6.92 Å². The Kier molecular flexibility index (Phi) is 3.65. The molecule has 0 aromatic carbocycles. The maximum Gasteiger partial charge on any atom is 0.355 e. The third kappa shape index (κ3) is 2.20. The molecule has 3 aliphatic rings. The second kappa shape index (κ2) is 5.46. The van der Waals surface area contributed by atoms with E-state index in [1.807, 2.05) is 0 Å². The number of rotatable bonds is 3. The van der Waals surface area contributed by atoms with Crippen molar-refractivity contribution in [1.82, 2.24) is 10.3 Å². The van der Waals surface area contributed by atoms with Crippen LogP contribution in [0.25, 0.3) is 0 Å². The standard InChI is InChI=1S/C14H19N3O4/c1-2-21-14(20)11-9-10(15-16-11)13(19)17(12(9)18)8-6-4-3-5-7-8/h8-10,15H,2-7H2,1H3/t9-,10+/m1/s1. The Morgan fingerprint density at radius 2 is 2.00 bits per heavy atom. The zero-order chi connectivity index (χ0) is 15.0. The number of carbonyl (C=O) groups is 3. The number of imide groups is 1. The highest BCUT2D eigenvalue weighted by molar-refractivity contribution is 6.44. The van der Waals surface area contributed by atoms with E-state index in [4.69, 9.17) is 4.74 Å². The van der Waals surface area contributed by atoms with Crippen molar-refractivity contribution in [3.63, 3.8) is 0 Å². The monoisotopic (exact) mass is 293 g/mol. The van der Waals surface area contributed by atoms with Gasteiger partial charge in [0.15, 0.2) is 5.71 Å². The SMILES string of the molecule is CCOC(=O)C1=NN[C@@H]2C(=O)N(C3CCCCC3)C(=O)[C@@H]12. The largest absolute Gasteiger partial charge is 0.461 e. The predicted octanol–water partition coefficient (Wildman–Crippen LogP) is 0.195. The summed E-state index contributed by atoms with van der Waals surface area (Å²) < 4.78 is 4.91. The minimum atomic E-state index is -0.821. The zero-order valence-corrected chi connectivity index (χ0v) is 12.0. The van der Waals surface area contributed by atoms with Gasteiger partial charge in [0.2, 0.25) is 5.91 Å². The average Bonchev–Trinajstić information content (AvgIpc) is 3.02. The van der Waals surface area contributed by atoms with Gasteiger partial charge in [-0.05, 0) is 19.8 Å². The molecule has 7 heteroatoms. The molecule has 114 valence electrons. The molecule has 0 unspecified atom stereocenters. The van der Waals surface area contributed by atoms with Gasteiger partial charge in [-0.3, -0.25) is 19.9 Å². The Morgan fingerprint density at radius 1 is 1.29 bits per heavy atom. The van der Waals surface area contributed by atoms with Gasteiger partial charge in [0.05, 0.1) is 6.61 Å². The summed E-state index contributed by atoms with van der Waals surface area (Å²) in [7, 11) is 0. The van der Waals surface area contributed by atoms with Crippen LogP contribution in [0.15, 0.2) is 5.10 Å². The van der Waals surface area contributed by atoms with Crippen LogP contribution in [0.1, 0.15) is 39.0 Å². The quantitative estimate of drug-likeness (QED) is 0.593. The number of ether oxygens (including phenoxy) is 1. The number of nitrogens with zero attached hydrogens (tertiary/aromatic N) is 2. The van der Waals surface area contributed by atoms with Crippen LogP contribution in [0, 0.1) is 5.92 Å². The van der Waals surface area contributed by atoms with Crippen LogP contribution in [0.5, 0.6) is 0 Å². The first-order valence-corrected chi connectivity index (χ1v) is 7.52. The molecule has 2 heterocycles. The van der Waals surface area contributed by atoms with Gasteiger partial charge >= 0.3 is 5.97 Å². The summed E-state index contributed by atoms with van der Waals surface area (Å²) in [6.45, 7) is 1.90. The number of fused-ring (bicyclic) bond motifs is 1. The molecule has 2 atom stereocenters. The Hall–Kier alpha value is -1.92. The van der Waals surface area contributed by atoms with Crippen LogP contribution in [-0.2, 0) is 19.1 Å². The zero-order valence-electron chi connectivity index (χ0n) is 12.0. The van der Waals surface area contributed by atoms with E-state index in [-0.39, 0.29) is 30.2 Å². The number of hydrogen-bond donors (Lipinski definition) is 1. The van der Waals surface area contributed by atoms with Gasteiger partial charge in [-0.25, -0.2) is 4.79 Å². The van der Waals surface area contributed by atoms with Gasteiger partial charge < -0.3 is 4.74 Å². The third-order valence-electron chi connectivity index (χ3n) is 4.38. The van der Waals surface area contributed by atoms with Crippen LogP contribution in [0.4, 0.5) is 0 Å². The first-order valence-electron chi connectivity index (χ1n) is 7.52. The normalized spacial score (nSPS) is 29.2. The van der Waals surface area contributed by atoms with E-state index < -0.39 is 17.9 Å². The first kappa shape index (κ1) is 14.0. The number of likely N-dealkylation sites (tertiary alicyclic amines) is 1. The van der Waals surface area contributed by atoms with Crippen LogP contribution in [0.2, 0.25) is 0 Å². The number of hydrogen-bond acceptors (Lipinski definition) is 6.